The molecule has 0 N–H and O–H groups in total. The quantitative estimate of drug-likeness (QED) is 0.162. The van der Waals surface area contributed by atoms with Gasteiger partial charge in [0.1, 0.15) is 10.6 Å². The van der Waals surface area contributed by atoms with Crippen LogP contribution in [0.5, 0.6) is 5.75 Å². The lowest BCUT2D eigenvalue weighted by Gasteiger charge is -2.36. The van der Waals surface area contributed by atoms with Gasteiger partial charge in [0.2, 0.25) is 0 Å². The number of aryl methyl sites for hydroxylation is 1. The number of unbranched alkanes of at least 4 members (excludes halogenated alkanes) is 1. The predicted molar refractivity (Wildman–Crippen MR) is 176 cm³/mol. The lowest BCUT2D eigenvalue weighted by atomic mass is 10.0. The zero-order chi connectivity index (χ0) is 31.3. The Morgan fingerprint density at radius 1 is 0.818 bits per heavy atom. The van der Waals surface area contributed by atoms with E-state index < -0.39 is 9.84 Å². The minimum absolute atomic E-state index is 0.0660. The molecule has 1 heterocycles. The number of Topliss-reactive ketones (excluding diaryl/α,β-unsaturated/α-hetero) is 1. The number of methoxy groups -OCH3 is 1. The second-order valence-corrected chi connectivity index (χ2v) is 13.1. The third-order valence-electron chi connectivity index (χ3n) is 7.97. The summed E-state index contributed by atoms with van der Waals surface area (Å²) in [5.74, 6) is -0.0852. The molecule has 7 nitrogen and oxygen atoms in total. The number of hydrogen-bond donors (Lipinski definition) is 0. The monoisotopic (exact) mass is 610 g/mol. The van der Waals surface area contributed by atoms with Crippen molar-refractivity contribution in [2.45, 2.75) is 50.2 Å². The number of carbonyl (C=O) groups excluding carboxylic acids is 2. The molecular weight excluding hydrogens is 572 g/mol. The van der Waals surface area contributed by atoms with Crippen LogP contribution in [0.4, 0.5) is 16.2 Å². The number of amides is 2. The Morgan fingerprint density at radius 3 is 2.23 bits per heavy atom. The topological polar surface area (TPSA) is 84.0 Å². The third-order valence-corrected chi connectivity index (χ3v) is 9.67. The van der Waals surface area contributed by atoms with Crippen LogP contribution in [-0.4, -0.2) is 40.4 Å². The van der Waals surface area contributed by atoms with Gasteiger partial charge in [-0.25, -0.2) is 13.2 Å². The average Bonchev–Trinajstić information content (AvgIpc) is 3.04. The molecule has 4 aromatic rings. The summed E-state index contributed by atoms with van der Waals surface area (Å²) >= 11 is 0. The van der Waals surface area contributed by atoms with Gasteiger partial charge in [0, 0.05) is 30.0 Å². The van der Waals surface area contributed by atoms with E-state index in [4.69, 9.17) is 4.74 Å². The molecule has 0 bridgehead atoms. The Hall–Kier alpha value is -4.43. The van der Waals surface area contributed by atoms with Crippen molar-refractivity contribution in [3.8, 4) is 16.9 Å². The molecule has 44 heavy (non-hydrogen) atoms. The smallest absolute Gasteiger partial charge is 0.328 e. The normalized spacial score (nSPS) is 13.7. The number of ether oxygens (including phenoxy) is 1. The number of rotatable bonds is 11. The van der Waals surface area contributed by atoms with Crippen molar-refractivity contribution >= 4 is 33.0 Å². The van der Waals surface area contributed by atoms with Gasteiger partial charge in [-0.3, -0.25) is 14.6 Å². The summed E-state index contributed by atoms with van der Waals surface area (Å²) in [6, 6.07) is 27.4. The number of carbonyl (C=O) groups is 2. The van der Waals surface area contributed by atoms with E-state index in [0.29, 0.717) is 35.5 Å². The van der Waals surface area contributed by atoms with E-state index in [2.05, 4.69) is 19.1 Å². The van der Waals surface area contributed by atoms with E-state index in [1.807, 2.05) is 24.3 Å². The lowest BCUT2D eigenvalue weighted by Crippen LogP contribution is -2.49. The Morgan fingerprint density at radius 2 is 1.52 bits per heavy atom. The Labute approximate surface area is 260 Å². The van der Waals surface area contributed by atoms with Crippen molar-refractivity contribution < 1.29 is 22.7 Å². The van der Waals surface area contributed by atoms with Gasteiger partial charge in [-0.1, -0.05) is 61.9 Å². The van der Waals surface area contributed by atoms with Crippen LogP contribution in [0.15, 0.2) is 95.9 Å². The van der Waals surface area contributed by atoms with Gasteiger partial charge in [-0.15, -0.1) is 0 Å². The van der Waals surface area contributed by atoms with Crippen LogP contribution >= 0.6 is 0 Å². The van der Waals surface area contributed by atoms with Crippen molar-refractivity contribution in [2.75, 3.05) is 30.0 Å². The predicted octanol–water partition coefficient (Wildman–Crippen LogP) is 7.72. The fourth-order valence-corrected chi connectivity index (χ4v) is 7.09. The zero-order valence-corrected chi connectivity index (χ0v) is 26.3. The first kappa shape index (κ1) is 31.0. The standard InChI is InChI=1S/C36H38N2O5S/c1-4-5-9-27-14-17-32(18-15-27)37-20-8-21-38(36(37)40)33-13-6-10-28(22-33)25-44(41,42)35-24-31(16-19-34(35)43-3)30-12-7-11-29(23-30)26(2)39/h6-7,10-19,22-24H,4-5,8-9,20-21,25H2,1-3H3. The molecule has 4 aromatic carbocycles. The van der Waals surface area contributed by atoms with Crippen molar-refractivity contribution in [3.63, 3.8) is 0 Å². The molecule has 1 fully saturated rings. The molecule has 228 valence electrons. The number of ketones is 1. The van der Waals surface area contributed by atoms with Gasteiger partial charge in [0.15, 0.2) is 15.6 Å². The minimum atomic E-state index is -3.84. The first-order chi connectivity index (χ1) is 21.2. The maximum atomic E-state index is 13.8. The van der Waals surface area contributed by atoms with Crippen LogP contribution in [0, 0.1) is 0 Å². The second kappa shape index (κ2) is 13.5. The SMILES string of the molecule is CCCCc1ccc(N2CCCN(c3cccc(CS(=O)(=O)c4cc(-c5cccc(C(C)=O)c5)ccc4OC)c3)C2=O)cc1. The number of sulfone groups is 1. The molecule has 1 aliphatic rings. The van der Waals surface area contributed by atoms with Crippen LogP contribution in [0.1, 0.15) is 54.6 Å². The number of hydrogen-bond acceptors (Lipinski definition) is 5. The summed E-state index contributed by atoms with van der Waals surface area (Å²) in [7, 11) is -2.40. The van der Waals surface area contributed by atoms with E-state index >= 15 is 0 Å². The molecule has 8 heteroatoms. The van der Waals surface area contributed by atoms with Crippen molar-refractivity contribution in [1.29, 1.82) is 0 Å². The first-order valence-corrected chi connectivity index (χ1v) is 16.6. The van der Waals surface area contributed by atoms with E-state index in [9.17, 15) is 18.0 Å². The van der Waals surface area contributed by atoms with Gasteiger partial charge in [0.05, 0.1) is 12.9 Å². The minimum Gasteiger partial charge on any atom is -0.495 e. The number of benzene rings is 4. The summed E-state index contributed by atoms with van der Waals surface area (Å²) in [5, 5.41) is 0. The third kappa shape index (κ3) is 6.86. The second-order valence-electron chi connectivity index (χ2n) is 11.1. The van der Waals surface area contributed by atoms with Crippen molar-refractivity contribution in [3.05, 3.63) is 108 Å². The molecule has 1 aliphatic heterocycles. The van der Waals surface area contributed by atoms with Gasteiger partial charge in [-0.2, -0.15) is 0 Å². The van der Waals surface area contributed by atoms with Gasteiger partial charge < -0.3 is 4.74 Å². The highest BCUT2D eigenvalue weighted by molar-refractivity contribution is 7.90. The molecule has 0 atom stereocenters. The Bertz CT molecular complexity index is 1770. The molecule has 0 unspecified atom stereocenters. The van der Waals surface area contributed by atoms with Crippen molar-refractivity contribution in [2.24, 2.45) is 0 Å². The Balaban J connectivity index is 1.38. The molecule has 0 saturated carbocycles. The maximum absolute atomic E-state index is 13.8. The van der Waals surface area contributed by atoms with Crippen LogP contribution in [0.2, 0.25) is 0 Å². The van der Waals surface area contributed by atoms with Gasteiger partial charge in [0.25, 0.3) is 0 Å². The highest BCUT2D eigenvalue weighted by Crippen LogP contribution is 2.33. The zero-order valence-electron chi connectivity index (χ0n) is 25.5. The summed E-state index contributed by atoms with van der Waals surface area (Å²) in [4.78, 5) is 29.1. The maximum Gasteiger partial charge on any atom is 0.328 e. The number of nitrogens with zero attached hydrogens (tertiary/aromatic N) is 2. The first-order valence-electron chi connectivity index (χ1n) is 15.0. The van der Waals surface area contributed by atoms with Crippen molar-refractivity contribution in [1.82, 2.24) is 0 Å². The highest BCUT2D eigenvalue weighted by Gasteiger charge is 2.29. The molecule has 0 radical (unpaired) electrons. The number of anilines is 2. The molecular formula is C36H38N2O5S. The summed E-state index contributed by atoms with van der Waals surface area (Å²) in [6.07, 6.45) is 4.09. The molecule has 0 spiro atoms. The van der Waals surface area contributed by atoms with E-state index in [0.717, 1.165) is 36.9 Å². The van der Waals surface area contributed by atoms with Crippen LogP contribution < -0.4 is 14.5 Å². The van der Waals surface area contributed by atoms with Crippen LogP contribution in [-0.2, 0) is 22.0 Å². The van der Waals surface area contributed by atoms with Crippen LogP contribution in [0.3, 0.4) is 0 Å². The van der Waals surface area contributed by atoms with E-state index in [1.165, 1.54) is 19.6 Å². The van der Waals surface area contributed by atoms with Gasteiger partial charge in [-0.05, 0) is 90.9 Å². The molecule has 0 aliphatic carbocycles. The van der Waals surface area contributed by atoms with E-state index in [-0.39, 0.29) is 28.2 Å². The summed E-state index contributed by atoms with van der Waals surface area (Å²) < 4.78 is 33.0. The van der Waals surface area contributed by atoms with Gasteiger partial charge >= 0.3 is 6.03 Å². The molecule has 1 saturated heterocycles. The lowest BCUT2D eigenvalue weighted by molar-refractivity contribution is 0.101. The summed E-state index contributed by atoms with van der Waals surface area (Å²) in [5.41, 5.74) is 5.31. The number of urea groups is 1. The molecule has 0 aromatic heterocycles. The summed E-state index contributed by atoms with van der Waals surface area (Å²) in [6.45, 7) is 4.85. The fourth-order valence-electron chi connectivity index (χ4n) is 5.55. The fraction of sp³-hybridized carbons (Fsp3) is 0.278. The van der Waals surface area contributed by atoms with E-state index in [1.54, 1.807) is 64.4 Å². The largest absolute Gasteiger partial charge is 0.495 e. The average molecular weight is 611 g/mol. The van der Waals surface area contributed by atoms with Crippen LogP contribution in [0.25, 0.3) is 11.1 Å². The molecule has 2 amide bonds. The molecule has 5 rings (SSSR count). The Kier molecular flexibility index (Phi) is 9.49. The highest BCUT2D eigenvalue weighted by atomic mass is 32.2.